The largest absolute Gasteiger partial charge is 0.357 e. The summed E-state index contributed by atoms with van der Waals surface area (Å²) in [4.78, 5) is 27.5. The molecule has 33 heavy (non-hydrogen) atoms. The molecule has 0 aromatic heterocycles. The second-order valence-electron chi connectivity index (χ2n) is 7.47. The van der Waals surface area contributed by atoms with Crippen LogP contribution in [0.25, 0.3) is 0 Å². The van der Waals surface area contributed by atoms with E-state index < -0.39 is 28.5 Å². The maximum absolute atomic E-state index is 13.5. The molecule has 0 saturated carbocycles. The SMILES string of the molecule is CC[C@@H](C(=O)NC)N(Cc1ccccc1C)C(=O)CN(c1cc(Cl)c(Cl)cc1Cl)S(C)(=O)=O. The van der Waals surface area contributed by atoms with Gasteiger partial charge in [0.25, 0.3) is 0 Å². The van der Waals surface area contributed by atoms with E-state index in [2.05, 4.69) is 5.32 Å². The van der Waals surface area contributed by atoms with E-state index in [9.17, 15) is 18.0 Å². The molecule has 1 N–H and O–H groups in total. The Labute approximate surface area is 209 Å². The number of benzene rings is 2. The average molecular weight is 535 g/mol. The molecule has 0 aliphatic heterocycles. The summed E-state index contributed by atoms with van der Waals surface area (Å²) in [6, 6.07) is 9.28. The van der Waals surface area contributed by atoms with E-state index in [0.717, 1.165) is 21.7 Å². The Balaban J connectivity index is 2.51. The standard InChI is InChI=1S/C22H26Cl3N3O4S/c1-5-19(22(30)26-3)27(12-15-9-7-6-8-14(15)2)21(29)13-28(33(4,31)32)20-11-17(24)16(23)10-18(20)25/h6-11,19H,5,12-13H2,1-4H3,(H,26,30)/t19-/m0/s1. The normalized spacial score (nSPS) is 12.2. The summed E-state index contributed by atoms with van der Waals surface area (Å²) in [6.07, 6.45) is 1.30. The number of rotatable bonds is 9. The summed E-state index contributed by atoms with van der Waals surface area (Å²) in [5, 5.41) is 2.83. The van der Waals surface area contributed by atoms with Crippen LogP contribution in [0.15, 0.2) is 36.4 Å². The van der Waals surface area contributed by atoms with Gasteiger partial charge in [-0.05, 0) is 36.6 Å². The van der Waals surface area contributed by atoms with Gasteiger partial charge in [-0.3, -0.25) is 13.9 Å². The van der Waals surface area contributed by atoms with E-state index in [1.54, 1.807) is 6.92 Å². The number of nitrogens with one attached hydrogen (secondary N) is 1. The number of aryl methyl sites for hydroxylation is 1. The van der Waals surface area contributed by atoms with Gasteiger partial charge in [-0.1, -0.05) is 66.0 Å². The molecule has 0 radical (unpaired) electrons. The Morgan fingerprint density at radius 3 is 2.21 bits per heavy atom. The van der Waals surface area contributed by atoms with Gasteiger partial charge in [0.15, 0.2) is 0 Å². The van der Waals surface area contributed by atoms with Gasteiger partial charge in [0.1, 0.15) is 12.6 Å². The molecule has 0 saturated heterocycles. The zero-order valence-electron chi connectivity index (χ0n) is 18.7. The van der Waals surface area contributed by atoms with Gasteiger partial charge in [0.05, 0.1) is 27.0 Å². The van der Waals surface area contributed by atoms with Gasteiger partial charge in [-0.25, -0.2) is 8.42 Å². The highest BCUT2D eigenvalue weighted by molar-refractivity contribution is 7.92. The van der Waals surface area contributed by atoms with Crippen molar-refractivity contribution >= 4 is 62.3 Å². The molecular weight excluding hydrogens is 509 g/mol. The maximum atomic E-state index is 13.5. The minimum absolute atomic E-state index is 0.0192. The van der Waals surface area contributed by atoms with Crippen LogP contribution in [0.5, 0.6) is 0 Å². The van der Waals surface area contributed by atoms with Crippen molar-refractivity contribution in [3.05, 3.63) is 62.6 Å². The lowest BCUT2D eigenvalue weighted by atomic mass is 10.1. The van der Waals surface area contributed by atoms with Gasteiger partial charge in [0, 0.05) is 13.6 Å². The Morgan fingerprint density at radius 1 is 1.06 bits per heavy atom. The van der Waals surface area contributed by atoms with Crippen molar-refractivity contribution < 1.29 is 18.0 Å². The van der Waals surface area contributed by atoms with Crippen LogP contribution in [0.2, 0.25) is 15.1 Å². The average Bonchev–Trinajstić information content (AvgIpc) is 2.74. The molecule has 7 nitrogen and oxygen atoms in total. The first-order valence-electron chi connectivity index (χ1n) is 10.1. The Bertz CT molecular complexity index is 1140. The summed E-state index contributed by atoms with van der Waals surface area (Å²) in [7, 11) is -2.45. The van der Waals surface area contributed by atoms with Gasteiger partial charge >= 0.3 is 0 Å². The number of carbonyl (C=O) groups is 2. The lowest BCUT2D eigenvalue weighted by Crippen LogP contribution is -2.51. The summed E-state index contributed by atoms with van der Waals surface area (Å²) in [5.41, 5.74) is 1.80. The third-order valence-electron chi connectivity index (χ3n) is 5.17. The highest BCUT2D eigenvalue weighted by atomic mass is 35.5. The second kappa shape index (κ2) is 11.4. The minimum Gasteiger partial charge on any atom is -0.357 e. The molecule has 2 amide bonds. The molecule has 0 heterocycles. The third kappa shape index (κ3) is 6.76. The van der Waals surface area contributed by atoms with Gasteiger partial charge in [-0.15, -0.1) is 0 Å². The van der Waals surface area contributed by atoms with Gasteiger partial charge in [-0.2, -0.15) is 0 Å². The number of amides is 2. The van der Waals surface area contributed by atoms with Crippen LogP contribution in [0.1, 0.15) is 24.5 Å². The molecule has 0 aliphatic carbocycles. The zero-order valence-corrected chi connectivity index (χ0v) is 21.8. The zero-order chi connectivity index (χ0) is 24.9. The molecule has 0 aliphatic rings. The smallest absolute Gasteiger partial charge is 0.244 e. The molecule has 2 rings (SSSR count). The molecule has 0 spiro atoms. The fraction of sp³-hybridized carbons (Fsp3) is 0.364. The van der Waals surface area contributed by atoms with Crippen molar-refractivity contribution in [2.45, 2.75) is 32.9 Å². The van der Waals surface area contributed by atoms with Crippen molar-refractivity contribution in [1.82, 2.24) is 10.2 Å². The first-order valence-corrected chi connectivity index (χ1v) is 13.1. The number of carbonyl (C=O) groups excluding carboxylic acids is 2. The van der Waals surface area contributed by atoms with Crippen molar-refractivity contribution in [1.29, 1.82) is 0 Å². The Morgan fingerprint density at radius 2 is 1.67 bits per heavy atom. The van der Waals surface area contributed by atoms with Crippen molar-refractivity contribution in [2.24, 2.45) is 0 Å². The molecule has 11 heteroatoms. The third-order valence-corrected chi connectivity index (χ3v) is 7.32. The van der Waals surface area contributed by atoms with Crippen LogP contribution in [0.4, 0.5) is 5.69 Å². The summed E-state index contributed by atoms with van der Waals surface area (Å²) < 4.78 is 26.1. The Kier molecular flexibility index (Phi) is 9.43. The fourth-order valence-corrected chi connectivity index (χ4v) is 4.90. The van der Waals surface area contributed by atoms with Crippen molar-refractivity contribution in [3.8, 4) is 0 Å². The minimum atomic E-state index is -3.94. The van der Waals surface area contributed by atoms with Crippen LogP contribution in [0.3, 0.4) is 0 Å². The number of sulfonamides is 1. The van der Waals surface area contributed by atoms with E-state index in [4.69, 9.17) is 34.8 Å². The summed E-state index contributed by atoms with van der Waals surface area (Å²) in [6.45, 7) is 3.24. The lowest BCUT2D eigenvalue weighted by molar-refractivity contribution is -0.140. The van der Waals surface area contributed by atoms with E-state index >= 15 is 0 Å². The molecule has 0 bridgehead atoms. The fourth-order valence-electron chi connectivity index (χ4n) is 3.36. The molecular formula is C22H26Cl3N3O4S. The van der Waals surface area contributed by atoms with Crippen LogP contribution in [-0.4, -0.2) is 51.0 Å². The molecule has 0 fully saturated rings. The van der Waals surface area contributed by atoms with Crippen molar-refractivity contribution in [3.63, 3.8) is 0 Å². The number of likely N-dealkylation sites (N-methyl/N-ethyl adjacent to an activating group) is 1. The van der Waals surface area contributed by atoms with Crippen LogP contribution in [-0.2, 0) is 26.2 Å². The van der Waals surface area contributed by atoms with Gasteiger partial charge in [0.2, 0.25) is 21.8 Å². The van der Waals surface area contributed by atoms with Crippen LogP contribution < -0.4 is 9.62 Å². The predicted molar refractivity (Wildman–Crippen MR) is 134 cm³/mol. The number of anilines is 1. The monoisotopic (exact) mass is 533 g/mol. The summed E-state index contributed by atoms with van der Waals surface area (Å²) >= 11 is 18.3. The van der Waals surface area contributed by atoms with E-state index in [1.807, 2.05) is 31.2 Å². The maximum Gasteiger partial charge on any atom is 0.244 e. The molecule has 0 unspecified atom stereocenters. The molecule has 2 aromatic carbocycles. The number of nitrogens with zero attached hydrogens (tertiary/aromatic N) is 2. The van der Waals surface area contributed by atoms with Crippen LogP contribution >= 0.6 is 34.8 Å². The summed E-state index contributed by atoms with van der Waals surface area (Å²) in [5.74, 6) is -0.917. The predicted octanol–water partition coefficient (Wildman–Crippen LogP) is 4.27. The number of hydrogen-bond acceptors (Lipinski definition) is 4. The quantitative estimate of drug-likeness (QED) is 0.487. The van der Waals surface area contributed by atoms with Gasteiger partial charge < -0.3 is 10.2 Å². The lowest BCUT2D eigenvalue weighted by Gasteiger charge is -2.33. The second-order valence-corrected chi connectivity index (χ2v) is 10.6. The molecule has 2 aromatic rings. The van der Waals surface area contributed by atoms with Crippen LogP contribution in [0, 0.1) is 6.92 Å². The Hall–Kier alpha value is -2.00. The first kappa shape index (κ1) is 27.2. The van der Waals surface area contributed by atoms with Crippen molar-refractivity contribution in [2.75, 3.05) is 24.2 Å². The topological polar surface area (TPSA) is 86.8 Å². The van der Waals surface area contributed by atoms with E-state index in [-0.39, 0.29) is 33.2 Å². The van der Waals surface area contributed by atoms with E-state index in [1.165, 1.54) is 24.1 Å². The number of hydrogen-bond donors (Lipinski definition) is 1. The molecule has 1 atom stereocenters. The molecule has 180 valence electrons. The van der Waals surface area contributed by atoms with E-state index in [0.29, 0.717) is 6.42 Å². The highest BCUT2D eigenvalue weighted by Gasteiger charge is 2.32. The highest BCUT2D eigenvalue weighted by Crippen LogP contribution is 2.35. The first-order chi connectivity index (χ1) is 15.4. The number of halogens is 3.